The van der Waals surface area contributed by atoms with E-state index in [1.54, 1.807) is 63.6 Å². The van der Waals surface area contributed by atoms with Gasteiger partial charge in [0.05, 0.1) is 6.04 Å². The number of carbonyl (C=O) groups excluding carboxylic acids is 2. The van der Waals surface area contributed by atoms with E-state index in [0.29, 0.717) is 29.6 Å². The zero-order valence-electron chi connectivity index (χ0n) is 19.2. The monoisotopic (exact) mass is 512 g/mol. The molecule has 0 N–H and O–H groups in total. The summed E-state index contributed by atoms with van der Waals surface area (Å²) in [6, 6.07) is 14.8. The number of fused-ring (bicyclic) bond motifs is 1. The largest absolute Gasteiger partial charge is 0.488 e. The Labute approximate surface area is 213 Å². The van der Waals surface area contributed by atoms with Crippen LogP contribution in [0.4, 0.5) is 4.39 Å². The second kappa shape index (κ2) is 10.4. The van der Waals surface area contributed by atoms with Crippen molar-refractivity contribution in [1.29, 1.82) is 0 Å². The van der Waals surface area contributed by atoms with E-state index in [1.807, 2.05) is 11.4 Å². The van der Waals surface area contributed by atoms with E-state index < -0.39 is 5.82 Å². The molecule has 5 rings (SSSR count). The molecule has 182 valence electrons. The maximum absolute atomic E-state index is 14.2. The van der Waals surface area contributed by atoms with Gasteiger partial charge in [-0.2, -0.15) is 0 Å². The molecule has 2 aromatic carbocycles. The number of amides is 2. The average molecular weight is 513 g/mol. The number of benzene rings is 2. The molecule has 2 aliphatic rings. The highest BCUT2D eigenvalue weighted by atomic mass is 35.5. The molecule has 1 atom stereocenters. The fraction of sp³-hybridized carbons (Fsp3) is 0.333. The molecule has 0 bridgehead atoms. The Hall–Kier alpha value is -2.90. The van der Waals surface area contributed by atoms with Gasteiger partial charge in [0.1, 0.15) is 13.2 Å². The first-order valence-corrected chi connectivity index (χ1v) is 13.0. The number of thiophene rings is 1. The van der Waals surface area contributed by atoms with Gasteiger partial charge in [-0.05, 0) is 72.5 Å². The van der Waals surface area contributed by atoms with Gasteiger partial charge in [-0.15, -0.1) is 11.3 Å². The lowest BCUT2D eigenvalue weighted by molar-refractivity contribution is -0.135. The SMILES string of the molecule is O=C(c1cccc(Cl)c1)N(CC(=O)N1CCc2sccc2C1COc1ccccc1F)CC1CC1. The minimum absolute atomic E-state index is 0.0164. The van der Waals surface area contributed by atoms with Crippen LogP contribution in [-0.2, 0) is 11.2 Å². The Morgan fingerprint density at radius 3 is 2.74 bits per heavy atom. The van der Waals surface area contributed by atoms with Crippen LogP contribution in [0.15, 0.2) is 60.0 Å². The van der Waals surface area contributed by atoms with Crippen LogP contribution in [0.1, 0.15) is 39.7 Å². The molecule has 0 spiro atoms. The molecule has 1 fully saturated rings. The first kappa shape index (κ1) is 23.8. The average Bonchev–Trinajstić information content (AvgIpc) is 3.54. The molecule has 2 heterocycles. The fourth-order valence-corrected chi connectivity index (χ4v) is 5.61. The molecule has 2 amide bonds. The summed E-state index contributed by atoms with van der Waals surface area (Å²) < 4.78 is 20.0. The van der Waals surface area contributed by atoms with Gasteiger partial charge in [-0.3, -0.25) is 9.59 Å². The highest BCUT2D eigenvalue weighted by Crippen LogP contribution is 2.35. The molecule has 1 aliphatic carbocycles. The third-order valence-electron chi connectivity index (χ3n) is 6.51. The van der Waals surface area contributed by atoms with Crippen molar-refractivity contribution in [2.45, 2.75) is 25.3 Å². The lowest BCUT2D eigenvalue weighted by Crippen LogP contribution is -2.48. The zero-order chi connectivity index (χ0) is 24.4. The number of ether oxygens (including phenoxy) is 1. The Morgan fingerprint density at radius 2 is 1.97 bits per heavy atom. The maximum Gasteiger partial charge on any atom is 0.254 e. The summed E-state index contributed by atoms with van der Waals surface area (Å²) in [5.41, 5.74) is 1.50. The van der Waals surface area contributed by atoms with E-state index in [2.05, 4.69) is 0 Å². The Kier molecular flexibility index (Phi) is 7.07. The molecule has 1 unspecified atom stereocenters. The molecule has 3 aromatic rings. The summed E-state index contributed by atoms with van der Waals surface area (Å²) >= 11 is 7.76. The molecule has 1 saturated carbocycles. The van der Waals surface area contributed by atoms with E-state index in [4.69, 9.17) is 16.3 Å². The van der Waals surface area contributed by atoms with Crippen molar-refractivity contribution in [3.8, 4) is 5.75 Å². The van der Waals surface area contributed by atoms with Crippen LogP contribution in [0.5, 0.6) is 5.75 Å². The van der Waals surface area contributed by atoms with Crippen molar-refractivity contribution in [3.05, 3.63) is 86.8 Å². The van der Waals surface area contributed by atoms with E-state index in [9.17, 15) is 14.0 Å². The van der Waals surface area contributed by atoms with Crippen LogP contribution in [-0.4, -0.2) is 47.9 Å². The van der Waals surface area contributed by atoms with Gasteiger partial charge in [-0.25, -0.2) is 4.39 Å². The number of nitrogens with zero attached hydrogens (tertiary/aromatic N) is 2. The Bertz CT molecular complexity index is 1230. The van der Waals surface area contributed by atoms with E-state index in [1.165, 1.54) is 10.9 Å². The highest BCUT2D eigenvalue weighted by molar-refractivity contribution is 7.10. The molecule has 5 nitrogen and oxygen atoms in total. The van der Waals surface area contributed by atoms with Crippen molar-refractivity contribution in [2.24, 2.45) is 5.92 Å². The van der Waals surface area contributed by atoms with Crippen LogP contribution in [0, 0.1) is 11.7 Å². The van der Waals surface area contributed by atoms with Crippen molar-refractivity contribution < 1.29 is 18.7 Å². The van der Waals surface area contributed by atoms with Gasteiger partial charge in [-0.1, -0.05) is 29.8 Å². The molecular weight excluding hydrogens is 487 g/mol. The first-order valence-electron chi connectivity index (χ1n) is 11.8. The standard InChI is InChI=1S/C27H26ClFN2O3S/c28-20-5-3-4-19(14-20)27(33)30(15-18-8-9-18)16-26(32)31-12-10-25-21(11-13-35-25)23(31)17-34-24-7-2-1-6-22(24)29/h1-7,11,13-14,18,23H,8-10,12,15-17H2. The number of carbonyl (C=O) groups is 2. The molecule has 1 aromatic heterocycles. The highest BCUT2D eigenvalue weighted by Gasteiger charge is 2.35. The predicted molar refractivity (Wildman–Crippen MR) is 134 cm³/mol. The lowest BCUT2D eigenvalue weighted by Gasteiger charge is -2.37. The summed E-state index contributed by atoms with van der Waals surface area (Å²) in [5.74, 6) is -0.181. The number of halogens is 2. The first-order chi connectivity index (χ1) is 17.0. The third kappa shape index (κ3) is 5.52. The topological polar surface area (TPSA) is 49.9 Å². The lowest BCUT2D eigenvalue weighted by atomic mass is 10.00. The van der Waals surface area contributed by atoms with Gasteiger partial charge < -0.3 is 14.5 Å². The number of hydrogen-bond acceptors (Lipinski definition) is 4. The molecule has 0 saturated heterocycles. The van der Waals surface area contributed by atoms with Crippen LogP contribution >= 0.6 is 22.9 Å². The molecule has 1 aliphatic heterocycles. The Morgan fingerprint density at radius 1 is 1.14 bits per heavy atom. The minimum atomic E-state index is -0.436. The zero-order valence-corrected chi connectivity index (χ0v) is 20.7. The predicted octanol–water partition coefficient (Wildman–Crippen LogP) is 5.60. The number of rotatable bonds is 8. The number of hydrogen-bond donors (Lipinski definition) is 0. The van der Waals surface area contributed by atoms with E-state index in [0.717, 1.165) is 24.8 Å². The van der Waals surface area contributed by atoms with E-state index >= 15 is 0 Å². The maximum atomic E-state index is 14.2. The molecular formula is C27H26ClFN2O3S. The van der Waals surface area contributed by atoms with Gasteiger partial charge in [0.2, 0.25) is 5.91 Å². The van der Waals surface area contributed by atoms with Gasteiger partial charge in [0.15, 0.2) is 11.6 Å². The van der Waals surface area contributed by atoms with Gasteiger partial charge in [0.25, 0.3) is 5.91 Å². The molecule has 35 heavy (non-hydrogen) atoms. The second-order valence-electron chi connectivity index (χ2n) is 9.03. The second-order valence-corrected chi connectivity index (χ2v) is 10.5. The summed E-state index contributed by atoms with van der Waals surface area (Å²) in [7, 11) is 0. The van der Waals surface area contributed by atoms with Crippen molar-refractivity contribution in [2.75, 3.05) is 26.2 Å². The van der Waals surface area contributed by atoms with Crippen molar-refractivity contribution in [3.63, 3.8) is 0 Å². The summed E-state index contributed by atoms with van der Waals surface area (Å²) in [6.07, 6.45) is 2.88. The van der Waals surface area contributed by atoms with Gasteiger partial charge >= 0.3 is 0 Å². The quantitative estimate of drug-likeness (QED) is 0.395. The van der Waals surface area contributed by atoms with Crippen molar-refractivity contribution in [1.82, 2.24) is 9.80 Å². The van der Waals surface area contributed by atoms with Gasteiger partial charge in [0, 0.05) is 28.6 Å². The normalized spacial score (nSPS) is 17.1. The minimum Gasteiger partial charge on any atom is -0.488 e. The Balaban J connectivity index is 1.35. The molecule has 0 radical (unpaired) electrons. The van der Waals surface area contributed by atoms with Crippen LogP contribution in [0.2, 0.25) is 5.02 Å². The van der Waals surface area contributed by atoms with E-state index in [-0.39, 0.29) is 36.8 Å². The summed E-state index contributed by atoms with van der Waals surface area (Å²) in [4.78, 5) is 31.5. The molecule has 8 heteroatoms. The summed E-state index contributed by atoms with van der Waals surface area (Å²) in [6.45, 7) is 1.20. The van der Waals surface area contributed by atoms with Crippen LogP contribution in [0.3, 0.4) is 0 Å². The third-order valence-corrected chi connectivity index (χ3v) is 7.74. The number of para-hydroxylation sites is 1. The fourth-order valence-electron chi connectivity index (χ4n) is 4.49. The van der Waals surface area contributed by atoms with Crippen molar-refractivity contribution >= 4 is 34.8 Å². The summed E-state index contributed by atoms with van der Waals surface area (Å²) in [5, 5.41) is 2.50. The van der Waals surface area contributed by atoms with Crippen LogP contribution in [0.25, 0.3) is 0 Å². The van der Waals surface area contributed by atoms with Crippen LogP contribution < -0.4 is 4.74 Å². The smallest absolute Gasteiger partial charge is 0.254 e.